The first kappa shape index (κ1) is 14.6. The van der Waals surface area contributed by atoms with E-state index in [0.717, 1.165) is 19.4 Å². The van der Waals surface area contributed by atoms with Crippen molar-refractivity contribution >= 4 is 6.01 Å². The lowest BCUT2D eigenvalue weighted by Gasteiger charge is -2.14. The van der Waals surface area contributed by atoms with Crippen molar-refractivity contribution in [2.45, 2.75) is 39.0 Å². The van der Waals surface area contributed by atoms with Gasteiger partial charge in [0.1, 0.15) is 0 Å². The molecule has 0 spiro atoms. The molecule has 0 bridgehead atoms. The molecule has 0 unspecified atom stereocenters. The van der Waals surface area contributed by atoms with Gasteiger partial charge in [-0.1, -0.05) is 25.9 Å². The first-order valence-electron chi connectivity index (χ1n) is 6.89. The Kier molecular flexibility index (Phi) is 4.11. The fourth-order valence-corrected chi connectivity index (χ4v) is 1.89. The standard InChI is InChI=1S/C14H23N5O/c1-14(2,3)12-16-17-13(20-12)18(4)8-6-7-11-9-15-19(5)10-11/h9-10H,6-8H2,1-5H3. The molecule has 2 aromatic rings. The SMILES string of the molecule is CN(CCCc1cnn(C)c1)c1nnc(C(C)(C)C)o1. The summed E-state index contributed by atoms with van der Waals surface area (Å²) in [6, 6.07) is 0.584. The lowest BCUT2D eigenvalue weighted by Crippen LogP contribution is -2.19. The highest BCUT2D eigenvalue weighted by atomic mass is 16.4. The molecule has 0 fully saturated rings. The van der Waals surface area contributed by atoms with Gasteiger partial charge in [-0.05, 0) is 18.4 Å². The van der Waals surface area contributed by atoms with Crippen LogP contribution in [0.15, 0.2) is 16.8 Å². The minimum absolute atomic E-state index is 0.109. The van der Waals surface area contributed by atoms with Crippen molar-refractivity contribution < 1.29 is 4.42 Å². The fraction of sp³-hybridized carbons (Fsp3) is 0.643. The summed E-state index contributed by atoms with van der Waals surface area (Å²) in [6.07, 6.45) is 5.97. The Hall–Kier alpha value is -1.85. The maximum atomic E-state index is 5.70. The molecule has 20 heavy (non-hydrogen) atoms. The summed E-state index contributed by atoms with van der Waals surface area (Å²) in [5.74, 6) is 0.673. The van der Waals surface area contributed by atoms with E-state index in [4.69, 9.17) is 4.42 Å². The van der Waals surface area contributed by atoms with Crippen LogP contribution in [-0.4, -0.2) is 33.6 Å². The van der Waals surface area contributed by atoms with Gasteiger partial charge in [-0.15, -0.1) is 5.10 Å². The van der Waals surface area contributed by atoms with Crippen LogP contribution in [0.3, 0.4) is 0 Å². The van der Waals surface area contributed by atoms with Gasteiger partial charge in [-0.3, -0.25) is 4.68 Å². The highest BCUT2D eigenvalue weighted by molar-refractivity contribution is 5.22. The molecule has 0 radical (unpaired) electrons. The molecule has 0 aliphatic heterocycles. The van der Waals surface area contributed by atoms with Gasteiger partial charge in [0.05, 0.1) is 6.20 Å². The van der Waals surface area contributed by atoms with Crippen molar-refractivity contribution in [3.63, 3.8) is 0 Å². The van der Waals surface area contributed by atoms with Gasteiger partial charge in [0.25, 0.3) is 0 Å². The summed E-state index contributed by atoms with van der Waals surface area (Å²) >= 11 is 0. The van der Waals surface area contributed by atoms with Crippen molar-refractivity contribution in [2.24, 2.45) is 7.05 Å². The van der Waals surface area contributed by atoms with E-state index in [1.165, 1.54) is 5.56 Å². The van der Waals surface area contributed by atoms with Gasteiger partial charge in [0.15, 0.2) is 0 Å². The number of aryl methyl sites for hydroxylation is 2. The summed E-state index contributed by atoms with van der Waals surface area (Å²) in [5.41, 5.74) is 1.14. The second-order valence-electron chi connectivity index (χ2n) is 6.19. The smallest absolute Gasteiger partial charge is 0.317 e. The van der Waals surface area contributed by atoms with Crippen LogP contribution >= 0.6 is 0 Å². The number of anilines is 1. The number of rotatable bonds is 5. The van der Waals surface area contributed by atoms with Crippen LogP contribution in [0.2, 0.25) is 0 Å². The van der Waals surface area contributed by atoms with E-state index < -0.39 is 0 Å². The van der Waals surface area contributed by atoms with E-state index in [9.17, 15) is 0 Å². The van der Waals surface area contributed by atoms with E-state index >= 15 is 0 Å². The predicted octanol–water partition coefficient (Wildman–Crippen LogP) is 2.17. The molecule has 6 heteroatoms. The third-order valence-corrected chi connectivity index (χ3v) is 3.10. The summed E-state index contributed by atoms with van der Waals surface area (Å²) in [5, 5.41) is 12.4. The summed E-state index contributed by atoms with van der Waals surface area (Å²) in [7, 11) is 3.91. The molecule has 0 aromatic carbocycles. The Labute approximate surface area is 119 Å². The van der Waals surface area contributed by atoms with Gasteiger partial charge in [0, 0.05) is 32.3 Å². The zero-order valence-corrected chi connectivity index (χ0v) is 12.9. The molecule has 0 amide bonds. The van der Waals surface area contributed by atoms with Crippen molar-refractivity contribution in [1.29, 1.82) is 0 Å². The topological polar surface area (TPSA) is 60.0 Å². The van der Waals surface area contributed by atoms with Crippen LogP contribution in [0.1, 0.15) is 38.6 Å². The highest BCUT2D eigenvalue weighted by Gasteiger charge is 2.22. The Bertz CT molecular complexity index is 552. The van der Waals surface area contributed by atoms with E-state index in [1.54, 1.807) is 0 Å². The van der Waals surface area contributed by atoms with Crippen molar-refractivity contribution in [3.8, 4) is 0 Å². The Morgan fingerprint density at radius 3 is 2.60 bits per heavy atom. The van der Waals surface area contributed by atoms with E-state index in [2.05, 4.69) is 36.1 Å². The Morgan fingerprint density at radius 2 is 2.05 bits per heavy atom. The first-order chi connectivity index (χ1) is 9.36. The molecular formula is C14H23N5O. The van der Waals surface area contributed by atoms with Crippen molar-refractivity contribution in [3.05, 3.63) is 23.8 Å². The quantitative estimate of drug-likeness (QED) is 0.838. The molecule has 0 aliphatic carbocycles. The summed E-state index contributed by atoms with van der Waals surface area (Å²) < 4.78 is 7.53. The maximum Gasteiger partial charge on any atom is 0.317 e. The van der Waals surface area contributed by atoms with Crippen molar-refractivity contribution in [2.75, 3.05) is 18.5 Å². The van der Waals surface area contributed by atoms with Crippen LogP contribution in [0.25, 0.3) is 0 Å². The zero-order valence-electron chi connectivity index (χ0n) is 12.9. The molecule has 0 N–H and O–H groups in total. The normalized spacial score (nSPS) is 11.8. The Morgan fingerprint density at radius 1 is 1.30 bits per heavy atom. The van der Waals surface area contributed by atoms with Crippen LogP contribution in [0.5, 0.6) is 0 Å². The molecule has 2 aromatic heterocycles. The number of nitrogens with zero attached hydrogens (tertiary/aromatic N) is 5. The molecule has 6 nitrogen and oxygen atoms in total. The summed E-state index contributed by atoms with van der Waals surface area (Å²) in [4.78, 5) is 2.00. The average molecular weight is 277 g/mol. The molecule has 0 saturated heterocycles. The van der Waals surface area contributed by atoms with Gasteiger partial charge >= 0.3 is 6.01 Å². The third-order valence-electron chi connectivity index (χ3n) is 3.10. The van der Waals surface area contributed by atoms with E-state index in [-0.39, 0.29) is 5.41 Å². The second kappa shape index (κ2) is 5.64. The molecule has 0 aliphatic rings. The van der Waals surface area contributed by atoms with Crippen LogP contribution < -0.4 is 4.90 Å². The van der Waals surface area contributed by atoms with E-state index in [0.29, 0.717) is 11.9 Å². The lowest BCUT2D eigenvalue weighted by atomic mass is 9.97. The van der Waals surface area contributed by atoms with Gasteiger partial charge in [-0.2, -0.15) is 5.10 Å². The maximum absolute atomic E-state index is 5.70. The zero-order chi connectivity index (χ0) is 14.8. The predicted molar refractivity (Wildman–Crippen MR) is 77.8 cm³/mol. The molecular weight excluding hydrogens is 254 g/mol. The lowest BCUT2D eigenvalue weighted by molar-refractivity contribution is 0.393. The highest BCUT2D eigenvalue weighted by Crippen LogP contribution is 2.23. The van der Waals surface area contributed by atoms with E-state index in [1.807, 2.05) is 36.1 Å². The number of hydrogen-bond donors (Lipinski definition) is 0. The Balaban J connectivity index is 1.85. The second-order valence-corrected chi connectivity index (χ2v) is 6.19. The fourth-order valence-electron chi connectivity index (χ4n) is 1.89. The molecule has 2 heterocycles. The first-order valence-corrected chi connectivity index (χ1v) is 6.89. The van der Waals surface area contributed by atoms with Crippen molar-refractivity contribution in [1.82, 2.24) is 20.0 Å². The van der Waals surface area contributed by atoms with Crippen LogP contribution in [-0.2, 0) is 18.9 Å². The third kappa shape index (κ3) is 3.59. The number of hydrogen-bond acceptors (Lipinski definition) is 5. The molecule has 0 saturated carbocycles. The number of aromatic nitrogens is 4. The van der Waals surface area contributed by atoms with Crippen LogP contribution in [0, 0.1) is 0 Å². The monoisotopic (exact) mass is 277 g/mol. The van der Waals surface area contributed by atoms with Gasteiger partial charge in [-0.25, -0.2) is 0 Å². The average Bonchev–Trinajstić information content (AvgIpc) is 2.97. The largest absolute Gasteiger partial charge is 0.407 e. The van der Waals surface area contributed by atoms with Gasteiger partial charge < -0.3 is 9.32 Å². The minimum atomic E-state index is -0.109. The minimum Gasteiger partial charge on any atom is -0.407 e. The molecule has 110 valence electrons. The van der Waals surface area contributed by atoms with Crippen LogP contribution in [0.4, 0.5) is 6.01 Å². The summed E-state index contributed by atoms with van der Waals surface area (Å²) in [6.45, 7) is 7.06. The van der Waals surface area contributed by atoms with Gasteiger partial charge in [0.2, 0.25) is 5.89 Å². The molecule has 2 rings (SSSR count). The molecule has 0 atom stereocenters.